The second-order valence-electron chi connectivity index (χ2n) is 11.8. The number of hydrogen-bond donors (Lipinski definition) is 3. The van der Waals surface area contributed by atoms with Crippen LogP contribution in [0.15, 0.2) is 36.7 Å². The zero-order valence-corrected chi connectivity index (χ0v) is 23.3. The average Bonchev–Trinajstić information content (AvgIpc) is 2.84. The number of nitrogens with one attached hydrogen (secondary N) is 3. The Labute approximate surface area is 228 Å². The predicted octanol–water partition coefficient (Wildman–Crippen LogP) is 6.72. The minimum absolute atomic E-state index is 0.0247. The maximum absolute atomic E-state index is 15.4. The maximum Gasteiger partial charge on any atom is 0.260 e. The van der Waals surface area contributed by atoms with Gasteiger partial charge in [0, 0.05) is 29.0 Å². The standard InChI is InChI=1S/C29H35ClFN5O2/c1-28(2,3)27(38)32-15-17-9-10-20(30)22(23(17)31)26(37)36-21-8-6-7-19-24(21)33-16-34-25(19)35-18-11-13-29(4,5)14-12-18/h6-10,16,18H,11-15H2,1-5H3,(H,32,38)(H,36,37)(H,33,34,35). The number of nitrogens with zero attached hydrogens (tertiary/aromatic N) is 2. The fourth-order valence-corrected chi connectivity index (χ4v) is 4.84. The van der Waals surface area contributed by atoms with E-state index < -0.39 is 17.1 Å². The molecule has 0 saturated heterocycles. The number of anilines is 2. The number of carbonyl (C=O) groups excluding carboxylic acids is 2. The highest BCUT2D eigenvalue weighted by molar-refractivity contribution is 6.34. The van der Waals surface area contributed by atoms with Gasteiger partial charge in [0.2, 0.25) is 5.91 Å². The van der Waals surface area contributed by atoms with Crippen molar-refractivity contribution in [1.82, 2.24) is 15.3 Å². The first-order chi connectivity index (χ1) is 17.9. The Morgan fingerprint density at radius 2 is 1.82 bits per heavy atom. The molecule has 2 amide bonds. The van der Waals surface area contributed by atoms with Gasteiger partial charge in [-0.3, -0.25) is 9.59 Å². The van der Waals surface area contributed by atoms with Crippen LogP contribution in [0.5, 0.6) is 0 Å². The first-order valence-electron chi connectivity index (χ1n) is 12.9. The molecular weight excluding hydrogens is 505 g/mol. The summed E-state index contributed by atoms with van der Waals surface area (Å²) < 4.78 is 15.4. The number of halogens is 2. The third kappa shape index (κ3) is 6.23. The SMILES string of the molecule is CC1(C)CCC(Nc2ncnc3c(NC(=O)c4c(Cl)ccc(CNC(=O)C(C)(C)C)c4F)cccc23)CC1. The molecule has 1 fully saturated rings. The van der Waals surface area contributed by atoms with Crippen molar-refractivity contribution in [1.29, 1.82) is 0 Å². The summed E-state index contributed by atoms with van der Waals surface area (Å²) in [6.07, 6.45) is 5.85. The van der Waals surface area contributed by atoms with E-state index in [-0.39, 0.29) is 28.6 Å². The van der Waals surface area contributed by atoms with Crippen molar-refractivity contribution in [3.63, 3.8) is 0 Å². The lowest BCUT2D eigenvalue weighted by Gasteiger charge is -2.35. The summed E-state index contributed by atoms with van der Waals surface area (Å²) in [5, 5.41) is 9.77. The van der Waals surface area contributed by atoms with E-state index in [2.05, 4.69) is 39.8 Å². The van der Waals surface area contributed by atoms with Gasteiger partial charge in [-0.05, 0) is 49.3 Å². The molecule has 7 nitrogen and oxygen atoms in total. The van der Waals surface area contributed by atoms with Crippen molar-refractivity contribution in [2.45, 2.75) is 72.9 Å². The van der Waals surface area contributed by atoms with E-state index in [4.69, 9.17) is 11.6 Å². The second kappa shape index (κ2) is 10.8. The fraction of sp³-hybridized carbons (Fsp3) is 0.448. The van der Waals surface area contributed by atoms with Crippen LogP contribution in [0.25, 0.3) is 10.9 Å². The fourth-order valence-electron chi connectivity index (χ4n) is 4.61. The van der Waals surface area contributed by atoms with Gasteiger partial charge < -0.3 is 16.0 Å². The number of carbonyl (C=O) groups is 2. The molecule has 3 aromatic rings. The lowest BCUT2D eigenvalue weighted by atomic mass is 9.75. The van der Waals surface area contributed by atoms with Crippen LogP contribution >= 0.6 is 11.6 Å². The number of hydrogen-bond acceptors (Lipinski definition) is 5. The first-order valence-corrected chi connectivity index (χ1v) is 13.3. The van der Waals surface area contributed by atoms with Gasteiger partial charge in [-0.2, -0.15) is 0 Å². The van der Waals surface area contributed by atoms with Crippen molar-refractivity contribution in [3.8, 4) is 0 Å². The van der Waals surface area contributed by atoms with Crippen LogP contribution in [-0.4, -0.2) is 27.8 Å². The van der Waals surface area contributed by atoms with Crippen LogP contribution in [0, 0.1) is 16.6 Å². The lowest BCUT2D eigenvalue weighted by Crippen LogP contribution is -2.34. The minimum atomic E-state index is -0.776. The molecule has 202 valence electrons. The summed E-state index contributed by atoms with van der Waals surface area (Å²) >= 11 is 6.25. The van der Waals surface area contributed by atoms with E-state index in [9.17, 15) is 9.59 Å². The topological polar surface area (TPSA) is 96.0 Å². The highest BCUT2D eigenvalue weighted by Gasteiger charge is 2.28. The number of benzene rings is 2. The molecule has 0 unspecified atom stereocenters. The smallest absolute Gasteiger partial charge is 0.260 e. The monoisotopic (exact) mass is 539 g/mol. The van der Waals surface area contributed by atoms with Gasteiger partial charge in [-0.1, -0.05) is 58.4 Å². The Morgan fingerprint density at radius 3 is 2.50 bits per heavy atom. The summed E-state index contributed by atoms with van der Waals surface area (Å²) in [6, 6.07) is 8.64. The molecule has 0 bridgehead atoms. The van der Waals surface area contributed by atoms with Crippen molar-refractivity contribution in [2.75, 3.05) is 10.6 Å². The highest BCUT2D eigenvalue weighted by atomic mass is 35.5. The molecule has 4 rings (SSSR count). The van der Waals surface area contributed by atoms with E-state index in [1.54, 1.807) is 32.9 Å². The van der Waals surface area contributed by atoms with Gasteiger partial charge in [0.15, 0.2) is 0 Å². The summed E-state index contributed by atoms with van der Waals surface area (Å²) in [6.45, 7) is 9.84. The van der Waals surface area contributed by atoms with Crippen LogP contribution in [-0.2, 0) is 11.3 Å². The van der Waals surface area contributed by atoms with E-state index >= 15 is 4.39 Å². The molecule has 0 atom stereocenters. The second-order valence-corrected chi connectivity index (χ2v) is 12.2. The number of rotatable bonds is 6. The maximum atomic E-state index is 15.4. The quantitative estimate of drug-likeness (QED) is 0.323. The highest BCUT2D eigenvalue weighted by Crippen LogP contribution is 2.37. The van der Waals surface area contributed by atoms with Gasteiger partial charge in [0.1, 0.15) is 18.0 Å². The molecular formula is C29H35ClFN5O2. The van der Waals surface area contributed by atoms with Crippen molar-refractivity contribution < 1.29 is 14.0 Å². The molecule has 1 aliphatic carbocycles. The minimum Gasteiger partial charge on any atom is -0.367 e. The van der Waals surface area contributed by atoms with Crippen LogP contribution in [0.2, 0.25) is 5.02 Å². The molecule has 0 aliphatic heterocycles. The van der Waals surface area contributed by atoms with Gasteiger partial charge in [-0.15, -0.1) is 0 Å². The average molecular weight is 540 g/mol. The molecule has 38 heavy (non-hydrogen) atoms. The first kappa shape index (κ1) is 27.8. The third-order valence-corrected chi connectivity index (χ3v) is 7.43. The zero-order chi connectivity index (χ0) is 27.7. The van der Waals surface area contributed by atoms with Gasteiger partial charge in [0.05, 0.1) is 21.8 Å². The Bertz CT molecular complexity index is 1360. The van der Waals surface area contributed by atoms with Crippen LogP contribution in [0.1, 0.15) is 76.2 Å². The molecule has 0 radical (unpaired) electrons. The molecule has 2 aromatic carbocycles. The van der Waals surface area contributed by atoms with E-state index in [0.29, 0.717) is 28.5 Å². The van der Waals surface area contributed by atoms with Gasteiger partial charge in [0.25, 0.3) is 5.91 Å². The summed E-state index contributed by atoms with van der Waals surface area (Å²) in [5.41, 5.74) is 0.572. The van der Waals surface area contributed by atoms with Crippen LogP contribution in [0.4, 0.5) is 15.9 Å². The van der Waals surface area contributed by atoms with Gasteiger partial charge >= 0.3 is 0 Å². The number of amides is 2. The summed E-state index contributed by atoms with van der Waals surface area (Å²) in [4.78, 5) is 34.3. The third-order valence-electron chi connectivity index (χ3n) is 7.11. The van der Waals surface area contributed by atoms with E-state index in [0.717, 1.165) is 31.1 Å². The zero-order valence-electron chi connectivity index (χ0n) is 22.5. The number of aromatic nitrogens is 2. The summed E-state index contributed by atoms with van der Waals surface area (Å²) in [5.74, 6) is -1.00. The predicted molar refractivity (Wildman–Crippen MR) is 150 cm³/mol. The molecule has 1 aromatic heterocycles. The normalized spacial score (nSPS) is 15.8. The molecule has 9 heteroatoms. The number of para-hydroxylation sites is 1. The molecule has 3 N–H and O–H groups in total. The van der Waals surface area contributed by atoms with Crippen LogP contribution in [0.3, 0.4) is 0 Å². The molecule has 0 spiro atoms. The van der Waals surface area contributed by atoms with Crippen molar-refractivity contribution in [2.24, 2.45) is 10.8 Å². The summed E-state index contributed by atoms with van der Waals surface area (Å²) in [7, 11) is 0. The Morgan fingerprint density at radius 1 is 1.11 bits per heavy atom. The van der Waals surface area contributed by atoms with E-state index in [1.165, 1.54) is 18.5 Å². The molecule has 1 saturated carbocycles. The molecule has 1 aliphatic rings. The van der Waals surface area contributed by atoms with Crippen molar-refractivity contribution >= 4 is 45.8 Å². The Hall–Kier alpha value is -3.26. The largest absolute Gasteiger partial charge is 0.367 e. The van der Waals surface area contributed by atoms with Crippen LogP contribution < -0.4 is 16.0 Å². The Balaban J connectivity index is 1.56. The van der Waals surface area contributed by atoms with E-state index in [1.807, 2.05) is 6.07 Å². The Kier molecular flexibility index (Phi) is 7.93. The van der Waals surface area contributed by atoms with Gasteiger partial charge in [-0.25, -0.2) is 14.4 Å². The lowest BCUT2D eigenvalue weighted by molar-refractivity contribution is -0.128. The molecule has 1 heterocycles. The van der Waals surface area contributed by atoms with Crippen molar-refractivity contribution in [3.05, 3.63) is 58.6 Å². The number of fused-ring (bicyclic) bond motifs is 1.